The highest BCUT2D eigenvalue weighted by Gasteiger charge is 2.63. The Hall–Kier alpha value is -2.41. The van der Waals surface area contributed by atoms with Crippen molar-refractivity contribution >= 4 is 188 Å². The Kier molecular flexibility index (Phi) is 30.9. The minimum Gasteiger partial charge on any atom is -0.310 e. The van der Waals surface area contributed by atoms with Crippen LogP contribution >= 0.6 is 0 Å². The van der Waals surface area contributed by atoms with Crippen LogP contribution in [-0.2, 0) is 257 Å². The molecule has 0 radical (unpaired) electrons. The van der Waals surface area contributed by atoms with E-state index in [1.54, 1.807) is 0 Å². The van der Waals surface area contributed by atoms with Gasteiger partial charge in [-0.25, -0.2) is 71.7 Å². The minimum atomic E-state index is -5.41. The van der Waals surface area contributed by atoms with Crippen molar-refractivity contribution in [1.29, 1.82) is 0 Å². The average Bonchev–Trinajstić information content (AvgIpc) is 0.738. The summed E-state index contributed by atoms with van der Waals surface area (Å²) in [6.07, 6.45) is -1.74. The van der Waals surface area contributed by atoms with Crippen LogP contribution < -0.4 is 0 Å². The van der Waals surface area contributed by atoms with Gasteiger partial charge in [-0.1, -0.05) is 0 Å². The molecule has 9 heterocycles. The third-order valence-corrected chi connectivity index (χ3v) is 42.3. The molecule has 0 aromatic carbocycles. The summed E-state index contributed by atoms with van der Waals surface area (Å²) >= 11 is 0. The van der Waals surface area contributed by atoms with Crippen LogP contribution in [0.15, 0.2) is 0 Å². The van der Waals surface area contributed by atoms with Crippen molar-refractivity contribution < 1.29 is 240 Å². The monoisotopic (exact) mass is 1870 g/mol. The molecule has 9 aliphatic heterocycles. The van der Waals surface area contributed by atoms with Crippen molar-refractivity contribution in [3.05, 3.63) is 0 Å². The van der Waals surface area contributed by atoms with Crippen LogP contribution in [0.5, 0.6) is 0 Å². The molecule has 0 aromatic rings. The van der Waals surface area contributed by atoms with Gasteiger partial charge in [0.05, 0.1) is 0 Å². The van der Waals surface area contributed by atoms with Gasteiger partial charge in [0.25, 0.3) is 142 Å². The van der Waals surface area contributed by atoms with Crippen LogP contribution in [0.4, 0.5) is 13.6 Å². The minimum absolute atomic E-state index is 0.745. The van der Waals surface area contributed by atoms with Gasteiger partial charge < -0.3 is 8.37 Å². The highest BCUT2D eigenvalue weighted by Crippen LogP contribution is 2.39. The zero-order valence-electron chi connectivity index (χ0n) is 50.9. The van der Waals surface area contributed by atoms with Crippen LogP contribution in [0.25, 0.3) is 0 Å². The lowest BCUT2D eigenvalue weighted by Gasteiger charge is -2.36. The molecule has 9 aliphatic rings. The number of hydrogen-bond acceptors (Lipinski definition) is 55. The van der Waals surface area contributed by atoms with Gasteiger partial charge >= 0.3 is 51.2 Å². The predicted molar refractivity (Wildman–Crippen MR) is 310 cm³/mol. The first-order chi connectivity index (χ1) is 44.4. The molecular formula is C27H50F2O55S18. The molecule has 75 heteroatoms. The quantitative estimate of drug-likeness (QED) is 0.203. The smallest absolute Gasteiger partial charge is 0.310 e. The molecule has 0 aliphatic carbocycles. The largest absolute Gasteiger partial charge is 0.540 e. The summed E-state index contributed by atoms with van der Waals surface area (Å²) in [6, 6.07) is 0. The zero-order chi connectivity index (χ0) is 81.2. The molecule has 0 bridgehead atoms. The van der Waals surface area contributed by atoms with Gasteiger partial charge in [0.2, 0.25) is 38.2 Å². The molecular weight excluding hydrogens is 1820 g/mol. The third kappa shape index (κ3) is 29.5. The van der Waals surface area contributed by atoms with E-state index in [4.69, 9.17) is 0 Å². The number of carbonyl (C=O) groups is 1. The van der Waals surface area contributed by atoms with Gasteiger partial charge in [0, 0.05) is 0 Å². The van der Waals surface area contributed by atoms with E-state index in [1.807, 2.05) is 0 Å². The lowest BCUT2D eigenvalue weighted by atomic mass is 10.4. The first kappa shape index (κ1) is 97.6. The van der Waals surface area contributed by atoms with E-state index in [-0.39, 0.29) is 0 Å². The van der Waals surface area contributed by atoms with Gasteiger partial charge in [0.1, 0.15) is 0 Å². The maximum atomic E-state index is 12.3. The molecule has 0 spiro atoms. The number of carbonyl (C=O) groups excluding carboxylic acids is 1. The fourth-order valence-electron chi connectivity index (χ4n) is 4.85. The van der Waals surface area contributed by atoms with E-state index in [9.17, 15) is 165 Å². The predicted octanol–water partition coefficient (Wildman–Crippen LogP) is -8.27. The van der Waals surface area contributed by atoms with E-state index in [0.29, 0.717) is 0 Å². The Labute approximate surface area is 581 Å². The van der Waals surface area contributed by atoms with Crippen molar-refractivity contribution in [2.75, 3.05) is 66.2 Å². The molecule has 0 atom stereocenters. The molecule has 55 nitrogen and oxygen atoms in total. The first-order valence-electron chi connectivity index (χ1n) is 23.4. The van der Waals surface area contributed by atoms with Gasteiger partial charge in [-0.15, -0.1) is 0 Å². The van der Waals surface area contributed by atoms with Crippen molar-refractivity contribution in [2.24, 2.45) is 0 Å². The first-order valence-corrected chi connectivity index (χ1v) is 50.6. The van der Waals surface area contributed by atoms with E-state index in [0.717, 1.165) is 34.6 Å². The summed E-state index contributed by atoms with van der Waals surface area (Å²) in [7, 11) is -75.4. The fraction of sp³-hybridized carbons (Fsp3) is 0.963. The highest BCUT2D eigenvalue weighted by atomic mass is 32.3. The highest BCUT2D eigenvalue weighted by molar-refractivity contribution is 8.08. The third-order valence-electron chi connectivity index (χ3n) is 9.52. The zero-order valence-corrected chi connectivity index (χ0v) is 65.6. The summed E-state index contributed by atoms with van der Waals surface area (Å²) in [4.78, 5) is 10.1. The van der Waals surface area contributed by atoms with Crippen molar-refractivity contribution in [1.82, 2.24) is 0 Å². The summed E-state index contributed by atoms with van der Waals surface area (Å²) < 4.78 is 469. The maximum Gasteiger partial charge on any atom is 0.540 e. The van der Waals surface area contributed by atoms with E-state index >= 15 is 0 Å². The second-order valence-electron chi connectivity index (χ2n) is 19.4. The Bertz CT molecular complexity index is 4790. The van der Waals surface area contributed by atoms with E-state index in [2.05, 4.69) is 75.3 Å². The molecule has 0 amide bonds. The van der Waals surface area contributed by atoms with Gasteiger partial charge in [0.15, 0.2) is 52.3 Å². The van der Waals surface area contributed by atoms with Crippen LogP contribution in [0.3, 0.4) is 0 Å². The van der Waals surface area contributed by atoms with Gasteiger partial charge in [-0.05, 0) is 62.3 Å². The summed E-state index contributed by atoms with van der Waals surface area (Å²) in [5.41, 5.74) is 0. The Morgan fingerprint density at radius 3 is 0.657 bits per heavy atom. The topological polar surface area (TPSA) is 798 Å². The number of alkyl halides is 2. The lowest BCUT2D eigenvalue weighted by molar-refractivity contribution is -0.0815. The number of halogens is 2. The van der Waals surface area contributed by atoms with Crippen LogP contribution in [0.1, 0.15) is 62.3 Å². The average molecular weight is 1870 g/mol. The number of hydrogen-bond donors (Lipinski definition) is 0. The molecule has 610 valence electrons. The molecule has 102 heavy (non-hydrogen) atoms. The molecule has 9 saturated heterocycles. The molecule has 0 saturated carbocycles. The van der Waals surface area contributed by atoms with Crippen LogP contribution in [-0.4, -0.2) is 253 Å². The molecule has 9 fully saturated rings. The standard InChI is InChI=1S/C6H12O6S2.2C4H8O6S2.C3H6O6S2.C2H2F2O6S2.C2H2O7S2.3C2H4O6S2/c1-5(2)11-13(7,8)6(3,4)14(9,10)12-5;1-4(2)9-11(5,6)3-12(7,8)10-4;1-4(2)11(5,6)9-3-10-12(4,7)8;1-3-10(4,5)8-2-9-11(3,6)7;3-2(4)11(5,6)9-1-10-12(2,7)8;3-2-8-10(4,5)1-11(6,7)9-2;3*3-9(4)2-10(5,6)8-1-7-9/h1-4H3;2*3H2,1-2H3;3H,2H2,1H3;1H2;1H2;3*1-2H2. The summed E-state index contributed by atoms with van der Waals surface area (Å²) in [5, 5.41) is -5.74. The Balaban J connectivity index is 0.000000575. The Morgan fingerprint density at radius 1 is 0.265 bits per heavy atom. The van der Waals surface area contributed by atoms with Gasteiger partial charge in [-0.2, -0.15) is 160 Å². The van der Waals surface area contributed by atoms with E-state index < -0.39 is 283 Å². The van der Waals surface area contributed by atoms with Crippen molar-refractivity contribution in [3.8, 4) is 0 Å². The van der Waals surface area contributed by atoms with E-state index in [1.165, 1.54) is 27.7 Å². The fourth-order valence-corrected chi connectivity index (χ4v) is 26.8. The maximum absolute atomic E-state index is 12.3. The Morgan fingerprint density at radius 2 is 0.461 bits per heavy atom. The molecule has 0 aromatic heterocycles. The van der Waals surface area contributed by atoms with Crippen LogP contribution in [0, 0.1) is 0 Å². The van der Waals surface area contributed by atoms with Crippen molar-refractivity contribution in [3.63, 3.8) is 0 Å². The SMILES string of the molecule is CC1(C)OS(=O)(=O)C(C)(C)S(=O)(=O)O1.CC1(C)OS(=O)(=O)CS(=O)(=O)O1.CC1(C)S(=O)(=O)OCOS1(=O)=O.CC1S(=O)(=O)OCOS1(=O)=O.O=C1OS(=O)(=O)CS(=O)(=O)O1.O=S1(=O)CS(=O)(=O)OCO1.O=S1(=O)CS(=O)(=O)OCO1.O=S1(=O)CS(=O)(=O)OCO1.O=S1(=O)OCOS(=O)(=O)C1(F)F. The second-order valence-corrected chi connectivity index (χ2v) is 54.1. The summed E-state index contributed by atoms with van der Waals surface area (Å²) in [6.45, 7) is 4.90. The molecule has 9 rings (SSSR count). The van der Waals surface area contributed by atoms with Gasteiger partial charge in [-0.3, -0.25) is 0 Å². The van der Waals surface area contributed by atoms with Crippen molar-refractivity contribution in [2.45, 2.75) is 91.2 Å². The second kappa shape index (κ2) is 32.3. The molecule has 0 unspecified atom stereocenters. The molecule has 0 N–H and O–H groups in total. The number of rotatable bonds is 0. The summed E-state index contributed by atoms with van der Waals surface area (Å²) in [5.74, 6) is -3.30. The van der Waals surface area contributed by atoms with Crippen LogP contribution in [0.2, 0.25) is 0 Å². The normalized spacial score (nSPS) is 30.2. The lowest BCUT2D eigenvalue weighted by Crippen LogP contribution is -2.54.